The summed E-state index contributed by atoms with van der Waals surface area (Å²) in [6.45, 7) is 6.33. The zero-order valence-corrected chi connectivity index (χ0v) is 48.7. The summed E-state index contributed by atoms with van der Waals surface area (Å²) in [4.78, 5) is 38.2. The molecule has 0 N–H and O–H groups in total. The van der Waals surface area contributed by atoms with Crippen LogP contribution in [-0.4, -0.2) is 37.2 Å². The van der Waals surface area contributed by atoms with Gasteiger partial charge in [-0.1, -0.05) is 262 Å². The van der Waals surface area contributed by atoms with E-state index in [2.05, 4.69) is 179 Å². The van der Waals surface area contributed by atoms with E-state index in [-0.39, 0.29) is 44.0 Å². The molecule has 1 unspecified atom stereocenters. The highest BCUT2D eigenvalue weighted by Gasteiger charge is 2.19. The Kier molecular flexibility index (Phi) is 58.5. The van der Waals surface area contributed by atoms with Gasteiger partial charge in [0.1, 0.15) is 13.2 Å². The topological polar surface area (TPSA) is 78.9 Å². The summed E-state index contributed by atoms with van der Waals surface area (Å²) in [5.74, 6) is -1.00. The van der Waals surface area contributed by atoms with Crippen LogP contribution in [0.4, 0.5) is 0 Å². The molecule has 0 aliphatic heterocycles. The summed E-state index contributed by atoms with van der Waals surface area (Å²) < 4.78 is 16.8. The minimum absolute atomic E-state index is 0.111. The van der Waals surface area contributed by atoms with Crippen LogP contribution in [0.1, 0.15) is 245 Å². The highest BCUT2D eigenvalue weighted by atomic mass is 16.6. The third kappa shape index (κ3) is 59.9. The van der Waals surface area contributed by atoms with Crippen molar-refractivity contribution in [2.24, 2.45) is 0 Å². The van der Waals surface area contributed by atoms with Gasteiger partial charge < -0.3 is 14.2 Å². The maximum atomic E-state index is 12.9. The van der Waals surface area contributed by atoms with Gasteiger partial charge in [0.15, 0.2) is 6.10 Å². The fourth-order valence-electron chi connectivity index (χ4n) is 7.79. The molecule has 0 bridgehead atoms. The molecule has 0 fully saturated rings. The van der Waals surface area contributed by atoms with Gasteiger partial charge >= 0.3 is 17.9 Å². The minimum atomic E-state index is -0.821. The normalized spacial score (nSPS) is 13.2. The van der Waals surface area contributed by atoms with Crippen LogP contribution in [0, 0.1) is 0 Å². The monoisotopic (exact) mass is 1050 g/mol. The van der Waals surface area contributed by atoms with Crippen LogP contribution in [0.5, 0.6) is 0 Å². The number of carbonyl (C=O) groups excluding carboxylic acids is 3. The largest absolute Gasteiger partial charge is 0.462 e. The van der Waals surface area contributed by atoms with Crippen molar-refractivity contribution >= 4 is 17.9 Å². The SMILES string of the molecule is CC/C=C\C/C=C\C/C=C\C/C=C\C/C=C\C/C=C\C/C=C\C/C=C\C/C=C\CCCC(=O)OCC(COC(=O)CCCCCCCCCCCCCC)OC(=O)CCCCCC/C=C\C/C=C\C/C=C\C/C=C\CC. The van der Waals surface area contributed by atoms with Gasteiger partial charge in [0.25, 0.3) is 0 Å². The van der Waals surface area contributed by atoms with E-state index in [0.29, 0.717) is 12.8 Å². The fraction of sp³-hybridized carbons (Fsp3) is 0.586. The molecule has 0 spiro atoms. The van der Waals surface area contributed by atoms with Gasteiger partial charge in [-0.3, -0.25) is 14.4 Å². The second-order valence-corrected chi connectivity index (χ2v) is 19.5. The van der Waals surface area contributed by atoms with Crippen molar-refractivity contribution in [3.05, 3.63) is 158 Å². The second kappa shape index (κ2) is 62.6. The van der Waals surface area contributed by atoms with Crippen LogP contribution in [0.25, 0.3) is 0 Å². The standard InChI is InChI=1S/C70H110O6/c1-4-7-10-13-16-19-22-25-27-29-30-31-32-33-34-35-36-37-38-39-40-42-43-45-48-51-54-57-60-63-69(72)75-66-67(65-74-68(71)62-59-56-53-50-47-24-21-18-15-12-9-6-3)76-70(73)64-61-58-55-52-49-46-44-41-28-26-23-20-17-14-11-8-5-2/h7-8,10-11,16-17,19-20,25-28,30-31,33-34,36-37,39-40,43-46,51,54,67H,4-6,9,12-15,18,21-24,29,32,35,38,41-42,47-50,52-53,55-66H2,1-3H3/b10-7-,11-8-,19-16-,20-17-,27-25-,28-26-,31-30-,34-33-,37-36-,40-39-,45-43-,46-44-,54-51-. The highest BCUT2D eigenvalue weighted by Crippen LogP contribution is 2.14. The molecular formula is C70H110O6. The summed E-state index contributed by atoms with van der Waals surface area (Å²) in [6, 6.07) is 0. The van der Waals surface area contributed by atoms with E-state index in [1.807, 2.05) is 0 Å². The molecule has 0 aromatic rings. The van der Waals surface area contributed by atoms with Crippen molar-refractivity contribution in [1.82, 2.24) is 0 Å². The first kappa shape index (κ1) is 71.0. The zero-order valence-electron chi connectivity index (χ0n) is 48.7. The first-order chi connectivity index (χ1) is 37.5. The number of allylic oxidation sites excluding steroid dienone is 26. The number of rotatable bonds is 53. The van der Waals surface area contributed by atoms with Crippen molar-refractivity contribution in [2.75, 3.05) is 13.2 Å². The number of carbonyl (C=O) groups is 3. The number of esters is 3. The summed E-state index contributed by atoms with van der Waals surface area (Å²) in [5, 5.41) is 0. The van der Waals surface area contributed by atoms with Crippen LogP contribution >= 0.6 is 0 Å². The molecule has 0 heterocycles. The molecule has 426 valence electrons. The van der Waals surface area contributed by atoms with Gasteiger partial charge in [-0.2, -0.15) is 0 Å². The van der Waals surface area contributed by atoms with Gasteiger partial charge in [0.05, 0.1) is 0 Å². The second-order valence-electron chi connectivity index (χ2n) is 19.5. The number of unbranched alkanes of at least 4 members (excludes halogenated alkanes) is 16. The lowest BCUT2D eigenvalue weighted by atomic mass is 10.0. The predicted octanol–water partition coefficient (Wildman–Crippen LogP) is 20.9. The van der Waals surface area contributed by atoms with Crippen molar-refractivity contribution in [3.8, 4) is 0 Å². The van der Waals surface area contributed by atoms with Gasteiger partial charge in [-0.15, -0.1) is 0 Å². The molecule has 1 atom stereocenters. The molecule has 76 heavy (non-hydrogen) atoms. The molecule has 0 rings (SSSR count). The molecule has 6 heteroatoms. The molecule has 0 aromatic heterocycles. The van der Waals surface area contributed by atoms with Gasteiger partial charge in [0, 0.05) is 19.3 Å². The van der Waals surface area contributed by atoms with Crippen molar-refractivity contribution in [2.45, 2.75) is 252 Å². The average Bonchev–Trinajstić information content (AvgIpc) is 3.42. The molecule has 0 saturated heterocycles. The van der Waals surface area contributed by atoms with E-state index in [9.17, 15) is 14.4 Å². The summed E-state index contributed by atoms with van der Waals surface area (Å²) >= 11 is 0. The third-order valence-electron chi connectivity index (χ3n) is 12.3. The molecule has 0 aliphatic carbocycles. The van der Waals surface area contributed by atoms with Crippen LogP contribution in [0.15, 0.2) is 158 Å². The summed E-state index contributed by atoms with van der Waals surface area (Å²) in [5.41, 5.74) is 0. The highest BCUT2D eigenvalue weighted by molar-refractivity contribution is 5.71. The van der Waals surface area contributed by atoms with E-state index < -0.39 is 6.10 Å². The Labute approximate surface area is 467 Å². The van der Waals surface area contributed by atoms with E-state index in [1.54, 1.807) is 0 Å². The smallest absolute Gasteiger partial charge is 0.306 e. The first-order valence-electron chi connectivity index (χ1n) is 30.5. The molecule has 0 amide bonds. The number of hydrogen-bond acceptors (Lipinski definition) is 6. The lowest BCUT2D eigenvalue weighted by Crippen LogP contribution is -2.30. The van der Waals surface area contributed by atoms with Crippen LogP contribution in [0.3, 0.4) is 0 Å². The molecule has 6 nitrogen and oxygen atoms in total. The van der Waals surface area contributed by atoms with Crippen LogP contribution in [0.2, 0.25) is 0 Å². The van der Waals surface area contributed by atoms with Crippen molar-refractivity contribution < 1.29 is 28.6 Å². The molecule has 0 aromatic carbocycles. The summed E-state index contributed by atoms with van der Waals surface area (Å²) in [7, 11) is 0. The molecule has 0 saturated carbocycles. The Balaban J connectivity index is 4.47. The Hall–Kier alpha value is -4.97. The van der Waals surface area contributed by atoms with E-state index in [0.717, 1.165) is 141 Å². The first-order valence-corrected chi connectivity index (χ1v) is 30.5. The van der Waals surface area contributed by atoms with Crippen LogP contribution < -0.4 is 0 Å². The number of hydrogen-bond donors (Lipinski definition) is 0. The van der Waals surface area contributed by atoms with E-state index in [4.69, 9.17) is 14.2 Å². The van der Waals surface area contributed by atoms with Gasteiger partial charge in [-0.25, -0.2) is 0 Å². The maximum absolute atomic E-state index is 12.9. The van der Waals surface area contributed by atoms with Gasteiger partial charge in [0.2, 0.25) is 0 Å². The third-order valence-corrected chi connectivity index (χ3v) is 12.3. The fourth-order valence-corrected chi connectivity index (χ4v) is 7.79. The van der Waals surface area contributed by atoms with Crippen molar-refractivity contribution in [1.29, 1.82) is 0 Å². The lowest BCUT2D eigenvalue weighted by molar-refractivity contribution is -0.167. The van der Waals surface area contributed by atoms with Crippen LogP contribution in [-0.2, 0) is 28.6 Å². The maximum Gasteiger partial charge on any atom is 0.306 e. The quantitative estimate of drug-likeness (QED) is 0.0261. The predicted molar refractivity (Wildman–Crippen MR) is 329 cm³/mol. The average molecular weight is 1050 g/mol. The Morgan fingerprint density at radius 1 is 0.276 bits per heavy atom. The molecule has 0 radical (unpaired) electrons. The number of ether oxygens (including phenoxy) is 3. The summed E-state index contributed by atoms with van der Waals surface area (Å²) in [6.07, 6.45) is 91.0. The van der Waals surface area contributed by atoms with E-state index >= 15 is 0 Å². The van der Waals surface area contributed by atoms with Gasteiger partial charge in [-0.05, 0) is 122 Å². The minimum Gasteiger partial charge on any atom is -0.462 e. The lowest BCUT2D eigenvalue weighted by Gasteiger charge is -2.18. The Bertz CT molecular complexity index is 1720. The zero-order chi connectivity index (χ0) is 55.0. The Morgan fingerprint density at radius 3 is 0.855 bits per heavy atom. The Morgan fingerprint density at radius 2 is 0.526 bits per heavy atom. The molecule has 0 aliphatic rings. The molecular weight excluding hydrogens is 937 g/mol. The van der Waals surface area contributed by atoms with E-state index in [1.165, 1.54) is 57.8 Å². The van der Waals surface area contributed by atoms with Crippen molar-refractivity contribution in [3.63, 3.8) is 0 Å².